The van der Waals surface area contributed by atoms with Gasteiger partial charge in [0.05, 0.1) is 6.61 Å². The van der Waals surface area contributed by atoms with Crippen molar-refractivity contribution in [2.24, 2.45) is 0 Å². The molecule has 0 bridgehead atoms. The molecule has 0 aliphatic heterocycles. The number of hydrogen-bond acceptors (Lipinski definition) is 6. The quantitative estimate of drug-likeness (QED) is 0.362. The molecule has 0 fully saturated rings. The number of rotatable bonds is 10. The van der Waals surface area contributed by atoms with Crippen LogP contribution >= 0.6 is 0 Å². The molecule has 0 saturated heterocycles. The molecule has 2 rings (SSSR count). The van der Waals surface area contributed by atoms with Crippen LogP contribution in [0.2, 0.25) is 0 Å². The Hall–Kier alpha value is -3.19. The molecule has 0 unspecified atom stereocenters. The SMILES string of the molecule is CCOC(=O)[C@H](Cc1ccccc1)NCCNC(=O)c1ccc(OC(C)=O)cc1. The third kappa shape index (κ3) is 7.75. The first-order chi connectivity index (χ1) is 14.0. The molecule has 0 aliphatic carbocycles. The maximum absolute atomic E-state index is 12.2. The number of nitrogens with one attached hydrogen (secondary N) is 2. The summed E-state index contributed by atoms with van der Waals surface area (Å²) in [6, 6.07) is 15.5. The van der Waals surface area contributed by atoms with Gasteiger partial charge in [-0.2, -0.15) is 0 Å². The van der Waals surface area contributed by atoms with Crippen LogP contribution in [0.1, 0.15) is 29.8 Å². The van der Waals surface area contributed by atoms with E-state index >= 15 is 0 Å². The molecule has 0 spiro atoms. The fourth-order valence-electron chi connectivity index (χ4n) is 2.70. The Balaban J connectivity index is 1.82. The summed E-state index contributed by atoms with van der Waals surface area (Å²) in [5.41, 5.74) is 1.47. The van der Waals surface area contributed by atoms with Gasteiger partial charge >= 0.3 is 11.9 Å². The summed E-state index contributed by atoms with van der Waals surface area (Å²) in [7, 11) is 0. The Morgan fingerprint density at radius 3 is 2.28 bits per heavy atom. The molecule has 0 saturated carbocycles. The molecule has 0 aromatic heterocycles. The van der Waals surface area contributed by atoms with Gasteiger partial charge < -0.3 is 20.1 Å². The Bertz CT molecular complexity index is 806. The molecular formula is C22H26N2O5. The van der Waals surface area contributed by atoms with Gasteiger partial charge in [-0.3, -0.25) is 14.4 Å². The summed E-state index contributed by atoms with van der Waals surface area (Å²) in [4.78, 5) is 35.3. The fraction of sp³-hybridized carbons (Fsp3) is 0.318. The zero-order chi connectivity index (χ0) is 21.1. The van der Waals surface area contributed by atoms with Crippen LogP contribution in [0.25, 0.3) is 0 Å². The van der Waals surface area contributed by atoms with Crippen LogP contribution in [0.3, 0.4) is 0 Å². The van der Waals surface area contributed by atoms with E-state index in [2.05, 4.69) is 10.6 Å². The molecule has 0 radical (unpaired) electrons. The molecule has 2 N–H and O–H groups in total. The minimum Gasteiger partial charge on any atom is -0.465 e. The van der Waals surface area contributed by atoms with Crippen molar-refractivity contribution < 1.29 is 23.9 Å². The number of hydrogen-bond donors (Lipinski definition) is 2. The summed E-state index contributed by atoms with van der Waals surface area (Å²) in [6.45, 7) is 4.15. The number of carbonyl (C=O) groups is 3. The number of esters is 2. The topological polar surface area (TPSA) is 93.7 Å². The summed E-state index contributed by atoms with van der Waals surface area (Å²) in [6.07, 6.45) is 0.505. The highest BCUT2D eigenvalue weighted by atomic mass is 16.5. The van der Waals surface area contributed by atoms with E-state index in [-0.39, 0.29) is 11.9 Å². The third-order valence-corrected chi connectivity index (χ3v) is 4.03. The van der Waals surface area contributed by atoms with Crippen molar-refractivity contribution in [3.05, 3.63) is 65.7 Å². The summed E-state index contributed by atoms with van der Waals surface area (Å²) in [5.74, 6) is -0.602. The van der Waals surface area contributed by atoms with Gasteiger partial charge in [0.15, 0.2) is 0 Å². The second-order valence-electron chi connectivity index (χ2n) is 6.32. The van der Waals surface area contributed by atoms with Crippen molar-refractivity contribution in [3.8, 4) is 5.75 Å². The van der Waals surface area contributed by atoms with Crippen molar-refractivity contribution in [1.82, 2.24) is 10.6 Å². The van der Waals surface area contributed by atoms with Crippen LogP contribution in [0.5, 0.6) is 5.75 Å². The Morgan fingerprint density at radius 2 is 1.66 bits per heavy atom. The number of amides is 1. The predicted molar refractivity (Wildman–Crippen MR) is 109 cm³/mol. The van der Waals surface area contributed by atoms with E-state index in [9.17, 15) is 14.4 Å². The highest BCUT2D eigenvalue weighted by Crippen LogP contribution is 2.12. The molecule has 0 heterocycles. The second kappa shape index (κ2) is 11.6. The van der Waals surface area contributed by atoms with Gasteiger partial charge in [0, 0.05) is 25.6 Å². The first kappa shape index (κ1) is 22.1. The van der Waals surface area contributed by atoms with Crippen LogP contribution in [-0.2, 0) is 20.7 Å². The van der Waals surface area contributed by atoms with Crippen LogP contribution < -0.4 is 15.4 Å². The summed E-state index contributed by atoms with van der Waals surface area (Å²) >= 11 is 0. The maximum Gasteiger partial charge on any atom is 0.323 e. The lowest BCUT2D eigenvalue weighted by Crippen LogP contribution is -2.43. The van der Waals surface area contributed by atoms with Crippen molar-refractivity contribution in [1.29, 1.82) is 0 Å². The first-order valence-electron chi connectivity index (χ1n) is 9.50. The van der Waals surface area contributed by atoms with E-state index in [0.717, 1.165) is 5.56 Å². The lowest BCUT2D eigenvalue weighted by atomic mass is 10.1. The van der Waals surface area contributed by atoms with Crippen LogP contribution in [-0.4, -0.2) is 43.6 Å². The van der Waals surface area contributed by atoms with Gasteiger partial charge in [-0.25, -0.2) is 0 Å². The van der Waals surface area contributed by atoms with Crippen LogP contribution in [0, 0.1) is 0 Å². The zero-order valence-corrected chi connectivity index (χ0v) is 16.6. The Morgan fingerprint density at radius 1 is 0.966 bits per heavy atom. The fourth-order valence-corrected chi connectivity index (χ4v) is 2.70. The molecule has 154 valence electrons. The monoisotopic (exact) mass is 398 g/mol. The lowest BCUT2D eigenvalue weighted by Gasteiger charge is -2.17. The first-order valence-corrected chi connectivity index (χ1v) is 9.50. The van der Waals surface area contributed by atoms with E-state index in [1.807, 2.05) is 30.3 Å². The van der Waals surface area contributed by atoms with Crippen molar-refractivity contribution in [3.63, 3.8) is 0 Å². The molecule has 29 heavy (non-hydrogen) atoms. The van der Waals surface area contributed by atoms with Gasteiger partial charge in [-0.1, -0.05) is 30.3 Å². The largest absolute Gasteiger partial charge is 0.465 e. The highest BCUT2D eigenvalue weighted by Gasteiger charge is 2.19. The summed E-state index contributed by atoms with van der Waals surface area (Å²) in [5, 5.41) is 5.93. The van der Waals surface area contributed by atoms with E-state index in [0.29, 0.717) is 37.4 Å². The van der Waals surface area contributed by atoms with Crippen molar-refractivity contribution in [2.45, 2.75) is 26.3 Å². The van der Waals surface area contributed by atoms with Gasteiger partial charge in [-0.15, -0.1) is 0 Å². The van der Waals surface area contributed by atoms with Gasteiger partial charge in [-0.05, 0) is 43.2 Å². The van der Waals surface area contributed by atoms with E-state index in [1.165, 1.54) is 6.92 Å². The van der Waals surface area contributed by atoms with Gasteiger partial charge in [0.1, 0.15) is 11.8 Å². The van der Waals surface area contributed by atoms with Gasteiger partial charge in [0.25, 0.3) is 5.91 Å². The number of ether oxygens (including phenoxy) is 2. The van der Waals surface area contributed by atoms with E-state index < -0.39 is 12.0 Å². The third-order valence-electron chi connectivity index (χ3n) is 4.03. The normalized spacial score (nSPS) is 11.4. The Labute approximate surface area is 170 Å². The molecule has 1 amide bonds. The zero-order valence-electron chi connectivity index (χ0n) is 16.6. The summed E-state index contributed by atoms with van der Waals surface area (Å²) < 4.78 is 10.1. The van der Waals surface area contributed by atoms with Crippen LogP contribution in [0.15, 0.2) is 54.6 Å². The predicted octanol–water partition coefficient (Wildman–Crippen LogP) is 2.11. The standard InChI is InChI=1S/C22H26N2O5/c1-3-28-22(27)20(15-17-7-5-4-6-8-17)23-13-14-24-21(26)18-9-11-19(12-10-18)29-16(2)25/h4-12,20,23H,3,13-15H2,1-2H3,(H,24,26)/t20-/m0/s1. The van der Waals surface area contributed by atoms with Crippen LogP contribution in [0.4, 0.5) is 0 Å². The molecular weight excluding hydrogens is 372 g/mol. The second-order valence-corrected chi connectivity index (χ2v) is 6.32. The van der Waals surface area contributed by atoms with Crippen molar-refractivity contribution in [2.75, 3.05) is 19.7 Å². The molecule has 0 aliphatic rings. The highest BCUT2D eigenvalue weighted by molar-refractivity contribution is 5.94. The average molecular weight is 398 g/mol. The van der Waals surface area contributed by atoms with E-state index in [4.69, 9.17) is 9.47 Å². The number of carbonyl (C=O) groups excluding carboxylic acids is 3. The molecule has 7 heteroatoms. The maximum atomic E-state index is 12.2. The lowest BCUT2D eigenvalue weighted by molar-refractivity contribution is -0.145. The smallest absolute Gasteiger partial charge is 0.323 e. The molecule has 2 aromatic carbocycles. The van der Waals surface area contributed by atoms with E-state index in [1.54, 1.807) is 31.2 Å². The minimum absolute atomic E-state index is 0.253. The minimum atomic E-state index is -0.489. The van der Waals surface area contributed by atoms with Gasteiger partial charge in [0.2, 0.25) is 0 Å². The molecule has 1 atom stereocenters. The number of benzene rings is 2. The molecule has 2 aromatic rings. The Kier molecular flexibility index (Phi) is 8.85. The average Bonchev–Trinajstić information content (AvgIpc) is 2.71. The molecule has 7 nitrogen and oxygen atoms in total. The van der Waals surface area contributed by atoms with Crippen molar-refractivity contribution >= 4 is 17.8 Å².